The number of rotatable bonds is 0. The Morgan fingerprint density at radius 1 is 0.611 bits per heavy atom. The lowest BCUT2D eigenvalue weighted by Crippen LogP contribution is -1.89. The van der Waals surface area contributed by atoms with Crippen molar-refractivity contribution in [3.63, 3.8) is 0 Å². The van der Waals surface area contributed by atoms with E-state index in [0.29, 0.717) is 0 Å². The van der Waals surface area contributed by atoms with E-state index in [1.54, 1.807) is 0 Å². The van der Waals surface area contributed by atoms with Crippen LogP contribution in [0.4, 0.5) is 0 Å². The summed E-state index contributed by atoms with van der Waals surface area (Å²) in [5.74, 6) is 12.2. The summed E-state index contributed by atoms with van der Waals surface area (Å²) in [5.41, 5.74) is 2.91. The van der Waals surface area contributed by atoms with Crippen molar-refractivity contribution in [2.24, 2.45) is 0 Å². The van der Waals surface area contributed by atoms with Crippen molar-refractivity contribution in [1.82, 2.24) is 0 Å². The zero-order valence-corrected chi connectivity index (χ0v) is 11.0. The van der Waals surface area contributed by atoms with Crippen molar-refractivity contribution in [3.8, 4) is 23.7 Å². The zero-order valence-electron chi connectivity index (χ0n) is 11.0. The van der Waals surface area contributed by atoms with E-state index in [0.717, 1.165) is 12.8 Å². The Morgan fingerprint density at radius 2 is 1.06 bits per heavy atom. The molecule has 0 unspecified atom stereocenters. The molecule has 0 spiro atoms. The molecule has 0 amide bonds. The van der Waals surface area contributed by atoms with Gasteiger partial charge in [0.1, 0.15) is 0 Å². The van der Waals surface area contributed by atoms with E-state index in [9.17, 15) is 0 Å². The molecule has 0 radical (unpaired) electrons. The molecule has 2 aliphatic rings. The molecule has 0 aliphatic heterocycles. The maximum absolute atomic E-state index is 3.14. The molecule has 0 aromatic heterocycles. The summed E-state index contributed by atoms with van der Waals surface area (Å²) >= 11 is 0. The van der Waals surface area contributed by atoms with Crippen LogP contribution in [0.25, 0.3) is 0 Å². The van der Waals surface area contributed by atoms with Gasteiger partial charge in [0.15, 0.2) is 0 Å². The van der Waals surface area contributed by atoms with Crippen LogP contribution in [0.1, 0.15) is 49.7 Å². The molecule has 1 aromatic rings. The van der Waals surface area contributed by atoms with Crippen LogP contribution in [-0.2, 0) is 12.8 Å². The molecule has 18 heavy (non-hydrogen) atoms. The minimum absolute atomic E-state index is 0.979. The number of benzene rings is 1. The fourth-order valence-corrected chi connectivity index (χ4v) is 2.17. The molecule has 0 heterocycles. The second kappa shape index (κ2) is 7.62. The SMILES string of the molecule is C1#CCCCCc2ccc(cc2)CCCCC#C1. The highest BCUT2D eigenvalue weighted by atomic mass is 14.0. The average molecular weight is 236 g/mol. The number of hydrogen-bond donors (Lipinski definition) is 0. The van der Waals surface area contributed by atoms with Crippen LogP contribution in [0.5, 0.6) is 0 Å². The van der Waals surface area contributed by atoms with Gasteiger partial charge in [-0.15, -0.1) is 0 Å². The molecule has 2 aliphatic carbocycles. The summed E-state index contributed by atoms with van der Waals surface area (Å²) in [6.45, 7) is 0. The molecule has 0 atom stereocenters. The molecule has 0 N–H and O–H groups in total. The quantitative estimate of drug-likeness (QED) is 0.594. The normalized spacial score (nSPS) is 16.2. The Balaban J connectivity index is 1.97. The molecule has 2 bridgehead atoms. The topological polar surface area (TPSA) is 0 Å². The van der Waals surface area contributed by atoms with Crippen LogP contribution < -0.4 is 0 Å². The molecular weight excluding hydrogens is 216 g/mol. The molecule has 0 saturated carbocycles. The van der Waals surface area contributed by atoms with Crippen LogP contribution in [0.15, 0.2) is 24.3 Å². The lowest BCUT2D eigenvalue weighted by molar-refractivity contribution is 0.749. The van der Waals surface area contributed by atoms with Crippen molar-refractivity contribution >= 4 is 0 Å². The lowest BCUT2D eigenvalue weighted by Gasteiger charge is -2.04. The molecular formula is C18H20. The summed E-state index contributed by atoms with van der Waals surface area (Å²) in [6, 6.07) is 9.14. The number of hydrogen-bond acceptors (Lipinski definition) is 0. The Morgan fingerprint density at radius 3 is 1.50 bits per heavy atom. The van der Waals surface area contributed by atoms with E-state index >= 15 is 0 Å². The van der Waals surface area contributed by atoms with Gasteiger partial charge in [-0.25, -0.2) is 0 Å². The number of fused-ring (bicyclic) bond motifs is 11. The van der Waals surface area contributed by atoms with E-state index in [2.05, 4.69) is 47.9 Å². The Kier molecular flexibility index (Phi) is 5.42. The third-order valence-corrected chi connectivity index (χ3v) is 3.30. The van der Waals surface area contributed by atoms with E-state index in [1.807, 2.05) is 0 Å². The molecule has 0 heteroatoms. The van der Waals surface area contributed by atoms with Gasteiger partial charge in [-0.3, -0.25) is 0 Å². The van der Waals surface area contributed by atoms with Crippen molar-refractivity contribution < 1.29 is 0 Å². The second-order valence-electron chi connectivity index (χ2n) is 4.83. The van der Waals surface area contributed by atoms with Crippen LogP contribution in [0, 0.1) is 23.7 Å². The first-order chi connectivity index (χ1) is 8.95. The van der Waals surface area contributed by atoms with Crippen LogP contribution in [-0.4, -0.2) is 0 Å². The molecule has 0 fully saturated rings. The van der Waals surface area contributed by atoms with Gasteiger partial charge in [0.2, 0.25) is 0 Å². The molecule has 92 valence electrons. The highest BCUT2D eigenvalue weighted by molar-refractivity contribution is 5.26. The highest BCUT2D eigenvalue weighted by Gasteiger charge is 1.96. The van der Waals surface area contributed by atoms with Crippen LogP contribution in [0.3, 0.4) is 0 Å². The van der Waals surface area contributed by atoms with Gasteiger partial charge in [-0.05, 0) is 61.5 Å². The van der Waals surface area contributed by atoms with E-state index in [4.69, 9.17) is 0 Å². The Hall–Kier alpha value is -1.66. The summed E-state index contributed by atoms with van der Waals surface area (Å²) in [6.07, 6.45) is 9.11. The predicted octanol–water partition coefficient (Wildman–Crippen LogP) is 4.13. The average Bonchev–Trinajstić information content (AvgIpc) is 2.40. The Labute approximate surface area is 111 Å². The molecule has 0 nitrogen and oxygen atoms in total. The largest absolute Gasteiger partial charge is 0.0891 e. The summed E-state index contributed by atoms with van der Waals surface area (Å²) in [4.78, 5) is 0. The highest BCUT2D eigenvalue weighted by Crippen LogP contribution is 2.11. The number of aryl methyl sites for hydroxylation is 2. The van der Waals surface area contributed by atoms with Crippen LogP contribution in [0.2, 0.25) is 0 Å². The first kappa shape index (κ1) is 12.8. The van der Waals surface area contributed by atoms with Crippen molar-refractivity contribution in [2.45, 2.75) is 51.4 Å². The van der Waals surface area contributed by atoms with Gasteiger partial charge in [-0.1, -0.05) is 36.1 Å². The van der Waals surface area contributed by atoms with E-state index in [1.165, 1.54) is 49.7 Å². The summed E-state index contributed by atoms with van der Waals surface area (Å²) < 4.78 is 0. The van der Waals surface area contributed by atoms with Crippen molar-refractivity contribution in [2.75, 3.05) is 0 Å². The van der Waals surface area contributed by atoms with Crippen molar-refractivity contribution in [3.05, 3.63) is 35.4 Å². The monoisotopic (exact) mass is 236 g/mol. The summed E-state index contributed by atoms with van der Waals surface area (Å²) in [5, 5.41) is 0. The van der Waals surface area contributed by atoms with Gasteiger partial charge in [0.25, 0.3) is 0 Å². The first-order valence-electron chi connectivity index (χ1n) is 6.99. The molecule has 1 aromatic carbocycles. The van der Waals surface area contributed by atoms with Gasteiger partial charge >= 0.3 is 0 Å². The fraction of sp³-hybridized carbons (Fsp3) is 0.444. The molecule has 3 rings (SSSR count). The Bertz CT molecular complexity index is 424. The van der Waals surface area contributed by atoms with Gasteiger partial charge < -0.3 is 0 Å². The van der Waals surface area contributed by atoms with Crippen LogP contribution >= 0.6 is 0 Å². The fourth-order valence-electron chi connectivity index (χ4n) is 2.17. The molecule has 0 saturated heterocycles. The zero-order chi connectivity index (χ0) is 12.5. The maximum Gasteiger partial charge on any atom is 0.00990 e. The smallest absolute Gasteiger partial charge is 0.00990 e. The standard InChI is InChI=1S/C18H20/c1-2-4-6-8-10-12-18-15-13-17(14-16-18)11-9-7-5-3-1/h13-16H,5-12H2. The minimum Gasteiger partial charge on any atom is -0.0891 e. The summed E-state index contributed by atoms with van der Waals surface area (Å²) in [7, 11) is 0. The third kappa shape index (κ3) is 4.68. The van der Waals surface area contributed by atoms with E-state index in [-0.39, 0.29) is 0 Å². The van der Waals surface area contributed by atoms with E-state index < -0.39 is 0 Å². The third-order valence-electron chi connectivity index (χ3n) is 3.30. The maximum atomic E-state index is 3.14. The van der Waals surface area contributed by atoms with Crippen molar-refractivity contribution in [1.29, 1.82) is 0 Å². The van der Waals surface area contributed by atoms with Gasteiger partial charge in [0.05, 0.1) is 0 Å². The predicted molar refractivity (Wildman–Crippen MR) is 77.1 cm³/mol. The lowest BCUT2D eigenvalue weighted by atomic mass is 10.0. The minimum atomic E-state index is 0.979. The van der Waals surface area contributed by atoms with Gasteiger partial charge in [-0.2, -0.15) is 0 Å². The second-order valence-corrected chi connectivity index (χ2v) is 4.83. The first-order valence-corrected chi connectivity index (χ1v) is 6.99. The van der Waals surface area contributed by atoms with Gasteiger partial charge in [0, 0.05) is 12.8 Å².